The number of nitrogens with zero attached hydrogens (tertiary/aromatic N) is 4. The first kappa shape index (κ1) is 24.5. The van der Waals surface area contributed by atoms with E-state index in [1.54, 1.807) is 40.3 Å². The number of rotatable bonds is 6. The Bertz CT molecular complexity index is 1330. The molecule has 1 aromatic carbocycles. The number of amides is 3. The molecule has 5 rings (SSSR count). The fourth-order valence-corrected chi connectivity index (χ4v) is 5.21. The maximum Gasteiger partial charge on any atom is 0.274 e. The second-order valence-electron chi connectivity index (χ2n) is 9.62. The fourth-order valence-electron chi connectivity index (χ4n) is 5.21. The van der Waals surface area contributed by atoms with Gasteiger partial charge in [-0.3, -0.25) is 19.1 Å². The summed E-state index contributed by atoms with van der Waals surface area (Å²) in [5.74, 6) is -1.03. The highest BCUT2D eigenvalue weighted by molar-refractivity contribution is 5.96. The molecule has 1 fully saturated rings. The molecule has 9 nitrogen and oxygen atoms in total. The molecule has 2 aliphatic heterocycles. The Morgan fingerprint density at radius 3 is 2.65 bits per heavy atom. The third-order valence-electron chi connectivity index (χ3n) is 6.97. The highest BCUT2D eigenvalue weighted by Gasteiger charge is 2.37. The Balaban J connectivity index is 1.47. The number of H-pyrrole nitrogens is 1. The van der Waals surface area contributed by atoms with Crippen LogP contribution in [0.15, 0.2) is 55.3 Å². The molecule has 10 heteroatoms. The van der Waals surface area contributed by atoms with E-state index in [1.165, 1.54) is 18.2 Å². The summed E-state index contributed by atoms with van der Waals surface area (Å²) in [5.41, 5.74) is 3.28. The van der Waals surface area contributed by atoms with Crippen molar-refractivity contribution in [2.75, 3.05) is 19.6 Å². The number of nitrogens with one attached hydrogen (secondary N) is 2. The van der Waals surface area contributed by atoms with E-state index in [9.17, 15) is 18.8 Å². The molecule has 0 bridgehead atoms. The molecular formula is C27H29FN6O3. The second kappa shape index (κ2) is 10.0. The molecule has 3 amide bonds. The fraction of sp³-hybridized carbons (Fsp3) is 0.333. The van der Waals surface area contributed by atoms with E-state index in [0.717, 1.165) is 16.8 Å². The van der Waals surface area contributed by atoms with Crippen molar-refractivity contribution in [1.82, 2.24) is 29.9 Å². The number of hydrogen-bond acceptors (Lipinski definition) is 4. The number of fused-ring (bicyclic) bond motifs is 1. The molecule has 0 radical (unpaired) electrons. The summed E-state index contributed by atoms with van der Waals surface area (Å²) >= 11 is 0. The van der Waals surface area contributed by atoms with Gasteiger partial charge in [0, 0.05) is 49.0 Å². The highest BCUT2D eigenvalue weighted by atomic mass is 19.1. The zero-order chi connectivity index (χ0) is 26.1. The van der Waals surface area contributed by atoms with Crippen LogP contribution in [0.2, 0.25) is 0 Å². The maximum absolute atomic E-state index is 13.7. The molecule has 2 N–H and O–H groups in total. The Hall–Kier alpha value is -4.21. The van der Waals surface area contributed by atoms with Gasteiger partial charge in [-0.15, -0.1) is 0 Å². The molecule has 3 aromatic rings. The number of carbonyl (C=O) groups is 3. The van der Waals surface area contributed by atoms with Gasteiger partial charge in [-0.1, -0.05) is 25.6 Å². The minimum atomic E-state index is -0.318. The van der Waals surface area contributed by atoms with Crippen LogP contribution < -0.4 is 5.32 Å². The molecule has 2 aromatic heterocycles. The summed E-state index contributed by atoms with van der Waals surface area (Å²) in [5, 5.41) is 7.60. The summed E-state index contributed by atoms with van der Waals surface area (Å²) in [6.07, 6.45) is 3.56. The molecule has 1 saturated heterocycles. The van der Waals surface area contributed by atoms with Gasteiger partial charge in [0.1, 0.15) is 11.5 Å². The second-order valence-corrected chi connectivity index (χ2v) is 9.62. The Kier molecular flexibility index (Phi) is 6.64. The third kappa shape index (κ3) is 4.91. The minimum Gasteiger partial charge on any atom is -0.357 e. The number of aromatic amines is 1. The van der Waals surface area contributed by atoms with Gasteiger partial charge >= 0.3 is 0 Å². The number of hydrogen-bond donors (Lipinski definition) is 2. The summed E-state index contributed by atoms with van der Waals surface area (Å²) in [4.78, 5) is 45.0. The van der Waals surface area contributed by atoms with Crippen molar-refractivity contribution < 1.29 is 18.8 Å². The lowest BCUT2D eigenvalue weighted by Gasteiger charge is -2.32. The Morgan fingerprint density at radius 2 is 1.95 bits per heavy atom. The average Bonchev–Trinajstić information content (AvgIpc) is 3.65. The van der Waals surface area contributed by atoms with E-state index in [4.69, 9.17) is 5.10 Å². The van der Waals surface area contributed by atoms with Crippen LogP contribution in [0.1, 0.15) is 57.1 Å². The van der Waals surface area contributed by atoms with E-state index >= 15 is 0 Å². The van der Waals surface area contributed by atoms with E-state index in [1.807, 2.05) is 11.6 Å². The van der Waals surface area contributed by atoms with Crippen LogP contribution in [0.3, 0.4) is 0 Å². The van der Waals surface area contributed by atoms with Gasteiger partial charge in [0.2, 0.25) is 5.91 Å². The van der Waals surface area contributed by atoms with Crippen LogP contribution in [-0.4, -0.2) is 68.0 Å². The highest BCUT2D eigenvalue weighted by Crippen LogP contribution is 2.33. The SMILES string of the molecule is C=CC(=O)NC1CCN(C(=O)c2nn(Cc3ccc(F)cc3)c3c2CN(C(=O)c2ccc[nH]2)CC3C)C1. The number of likely N-dealkylation sites (tertiary alicyclic amines) is 1. The lowest BCUT2D eigenvalue weighted by Crippen LogP contribution is -2.40. The third-order valence-corrected chi connectivity index (χ3v) is 6.97. The monoisotopic (exact) mass is 504 g/mol. The molecule has 0 aliphatic carbocycles. The lowest BCUT2D eigenvalue weighted by molar-refractivity contribution is -0.117. The summed E-state index contributed by atoms with van der Waals surface area (Å²) in [7, 11) is 0. The number of carbonyl (C=O) groups excluding carboxylic acids is 3. The first-order valence-corrected chi connectivity index (χ1v) is 12.3. The summed E-state index contributed by atoms with van der Waals surface area (Å²) in [6, 6.07) is 9.56. The van der Waals surface area contributed by atoms with Crippen LogP contribution in [-0.2, 0) is 17.9 Å². The Labute approximate surface area is 213 Å². The van der Waals surface area contributed by atoms with Gasteiger partial charge < -0.3 is 20.1 Å². The van der Waals surface area contributed by atoms with Gasteiger partial charge in [-0.25, -0.2) is 4.39 Å². The van der Waals surface area contributed by atoms with Gasteiger partial charge in [0.25, 0.3) is 11.8 Å². The predicted octanol–water partition coefficient (Wildman–Crippen LogP) is 2.67. The quantitative estimate of drug-likeness (QED) is 0.504. The van der Waals surface area contributed by atoms with Crippen LogP contribution in [0.4, 0.5) is 4.39 Å². The standard InChI is InChI=1S/C27H29FN6O3/c1-3-23(35)30-20-10-12-32(15-20)27(37)24-21-16-33(26(36)22-5-4-11-29-22)13-17(2)25(21)34(31-24)14-18-6-8-19(28)9-7-18/h3-9,11,17,20,29H,1,10,12-16H2,2H3,(H,30,35). The zero-order valence-corrected chi connectivity index (χ0v) is 20.6. The van der Waals surface area contributed by atoms with Crippen LogP contribution in [0.5, 0.6) is 0 Å². The predicted molar refractivity (Wildman–Crippen MR) is 134 cm³/mol. The zero-order valence-electron chi connectivity index (χ0n) is 20.6. The average molecular weight is 505 g/mol. The normalized spacial score (nSPS) is 19.0. The maximum atomic E-state index is 13.7. The number of halogens is 1. The van der Waals surface area contributed by atoms with E-state index < -0.39 is 0 Å². The van der Waals surface area contributed by atoms with Gasteiger partial charge in [-0.05, 0) is 42.3 Å². The topological polar surface area (TPSA) is 103 Å². The van der Waals surface area contributed by atoms with Gasteiger partial charge in [0.05, 0.1) is 13.1 Å². The molecule has 2 unspecified atom stereocenters. The van der Waals surface area contributed by atoms with E-state index in [2.05, 4.69) is 16.9 Å². The van der Waals surface area contributed by atoms with Crippen LogP contribution in [0, 0.1) is 5.82 Å². The molecule has 0 saturated carbocycles. The van der Waals surface area contributed by atoms with Crippen molar-refractivity contribution >= 4 is 17.7 Å². The first-order valence-electron chi connectivity index (χ1n) is 12.3. The molecule has 37 heavy (non-hydrogen) atoms. The number of benzene rings is 1. The van der Waals surface area contributed by atoms with E-state index in [-0.39, 0.29) is 42.0 Å². The summed E-state index contributed by atoms with van der Waals surface area (Å²) in [6.45, 7) is 7.47. The van der Waals surface area contributed by atoms with Gasteiger partial charge in [-0.2, -0.15) is 5.10 Å². The molecule has 2 atom stereocenters. The van der Waals surface area contributed by atoms with Crippen molar-refractivity contribution in [1.29, 1.82) is 0 Å². The summed E-state index contributed by atoms with van der Waals surface area (Å²) < 4.78 is 15.3. The van der Waals surface area contributed by atoms with E-state index in [0.29, 0.717) is 44.0 Å². The largest absolute Gasteiger partial charge is 0.357 e. The molecule has 192 valence electrons. The molecule has 0 spiro atoms. The van der Waals surface area contributed by atoms with Crippen molar-refractivity contribution in [3.63, 3.8) is 0 Å². The van der Waals surface area contributed by atoms with Crippen LogP contribution >= 0.6 is 0 Å². The van der Waals surface area contributed by atoms with Crippen molar-refractivity contribution in [3.05, 3.63) is 89.3 Å². The molecular weight excluding hydrogens is 475 g/mol. The van der Waals surface area contributed by atoms with Gasteiger partial charge in [0.15, 0.2) is 5.69 Å². The van der Waals surface area contributed by atoms with Crippen LogP contribution in [0.25, 0.3) is 0 Å². The van der Waals surface area contributed by atoms with Crippen molar-refractivity contribution in [2.24, 2.45) is 0 Å². The minimum absolute atomic E-state index is 0.0737. The molecule has 2 aliphatic rings. The molecule has 4 heterocycles. The van der Waals surface area contributed by atoms with Crippen molar-refractivity contribution in [2.45, 2.75) is 38.4 Å². The lowest BCUT2D eigenvalue weighted by atomic mass is 9.95. The van der Waals surface area contributed by atoms with Crippen molar-refractivity contribution in [3.8, 4) is 0 Å². The number of aromatic nitrogens is 3. The first-order chi connectivity index (χ1) is 17.8. The Morgan fingerprint density at radius 1 is 1.16 bits per heavy atom. The smallest absolute Gasteiger partial charge is 0.274 e.